The Bertz CT molecular complexity index is 695. The van der Waals surface area contributed by atoms with Gasteiger partial charge in [-0.05, 0) is 38.4 Å². The third-order valence-electron chi connectivity index (χ3n) is 5.15. The molecule has 0 bridgehead atoms. The van der Waals surface area contributed by atoms with Crippen LogP contribution in [0.4, 0.5) is 5.82 Å². The molecular weight excluding hydrogens is 312 g/mol. The van der Waals surface area contributed by atoms with E-state index in [1.807, 2.05) is 30.2 Å². The first kappa shape index (κ1) is 17.9. The lowest BCUT2D eigenvalue weighted by Gasteiger charge is -2.40. The van der Waals surface area contributed by atoms with Crippen molar-refractivity contribution < 1.29 is 0 Å². The molecular formula is C19H30N6. The second-order valence-corrected chi connectivity index (χ2v) is 7.58. The Hall–Kier alpha value is -1.95. The molecule has 0 N–H and O–H groups in total. The highest BCUT2D eigenvalue weighted by Gasteiger charge is 2.32. The van der Waals surface area contributed by atoms with Gasteiger partial charge in [0.2, 0.25) is 0 Å². The number of anilines is 1. The summed E-state index contributed by atoms with van der Waals surface area (Å²) in [6.07, 6.45) is 8.52. The summed E-state index contributed by atoms with van der Waals surface area (Å²) in [6.45, 7) is 6.39. The standard InChI is InChI=1S/C19H30N6/c1-14(2)19-20-9-8-17(22-19)24(4)12-15-7-6-10-23(3)18(15)16-11-21-25(5)13-16/h8-9,11,13-15,18H,6-7,10,12H2,1-5H3/t15-,18+/m0/s1. The van der Waals surface area contributed by atoms with E-state index >= 15 is 0 Å². The molecule has 6 nitrogen and oxygen atoms in total. The molecule has 25 heavy (non-hydrogen) atoms. The molecule has 2 aromatic heterocycles. The number of aryl methyl sites for hydroxylation is 1. The molecule has 2 atom stereocenters. The first-order valence-corrected chi connectivity index (χ1v) is 9.18. The van der Waals surface area contributed by atoms with Crippen LogP contribution in [0.25, 0.3) is 0 Å². The van der Waals surface area contributed by atoms with E-state index in [-0.39, 0.29) is 0 Å². The van der Waals surface area contributed by atoms with Crippen LogP contribution in [0.2, 0.25) is 0 Å². The lowest BCUT2D eigenvalue weighted by molar-refractivity contribution is 0.124. The summed E-state index contributed by atoms with van der Waals surface area (Å²) >= 11 is 0. The van der Waals surface area contributed by atoms with Crippen molar-refractivity contribution in [3.8, 4) is 0 Å². The summed E-state index contributed by atoms with van der Waals surface area (Å²) in [6, 6.07) is 2.42. The number of hydrogen-bond donors (Lipinski definition) is 0. The third-order valence-corrected chi connectivity index (χ3v) is 5.15. The summed E-state index contributed by atoms with van der Waals surface area (Å²) < 4.78 is 1.90. The van der Waals surface area contributed by atoms with E-state index in [1.54, 1.807) is 0 Å². The van der Waals surface area contributed by atoms with Crippen LogP contribution in [0.15, 0.2) is 24.7 Å². The predicted octanol–water partition coefficient (Wildman–Crippen LogP) is 2.85. The Labute approximate surface area is 150 Å². The topological polar surface area (TPSA) is 50.1 Å². The molecule has 0 unspecified atom stereocenters. The number of aromatic nitrogens is 4. The van der Waals surface area contributed by atoms with Gasteiger partial charge in [-0.15, -0.1) is 0 Å². The molecule has 3 heterocycles. The Balaban J connectivity index is 1.78. The van der Waals surface area contributed by atoms with Gasteiger partial charge in [-0.2, -0.15) is 5.10 Å². The van der Waals surface area contributed by atoms with Gasteiger partial charge >= 0.3 is 0 Å². The molecule has 0 aliphatic carbocycles. The highest BCUT2D eigenvalue weighted by Crippen LogP contribution is 2.35. The molecule has 1 aliphatic rings. The molecule has 136 valence electrons. The molecule has 1 saturated heterocycles. The van der Waals surface area contributed by atoms with Gasteiger partial charge in [0, 0.05) is 50.6 Å². The van der Waals surface area contributed by atoms with Gasteiger partial charge in [-0.1, -0.05) is 13.8 Å². The van der Waals surface area contributed by atoms with Gasteiger partial charge in [-0.3, -0.25) is 9.58 Å². The molecule has 0 aromatic carbocycles. The van der Waals surface area contributed by atoms with Gasteiger partial charge in [0.05, 0.1) is 6.20 Å². The van der Waals surface area contributed by atoms with Crippen molar-refractivity contribution in [2.75, 3.05) is 32.1 Å². The van der Waals surface area contributed by atoms with E-state index in [2.05, 4.69) is 54.0 Å². The first-order chi connectivity index (χ1) is 12.0. The molecule has 0 radical (unpaired) electrons. The summed E-state index contributed by atoms with van der Waals surface area (Å²) in [5, 5.41) is 4.38. The van der Waals surface area contributed by atoms with E-state index in [1.165, 1.54) is 18.4 Å². The number of rotatable bonds is 5. The highest BCUT2D eigenvalue weighted by molar-refractivity contribution is 5.37. The molecule has 0 saturated carbocycles. The van der Waals surface area contributed by atoms with Crippen molar-refractivity contribution in [3.63, 3.8) is 0 Å². The van der Waals surface area contributed by atoms with Crippen molar-refractivity contribution in [2.45, 2.75) is 38.6 Å². The lowest BCUT2D eigenvalue weighted by Crippen LogP contribution is -2.41. The molecule has 6 heteroatoms. The van der Waals surface area contributed by atoms with Gasteiger partial charge in [0.1, 0.15) is 11.6 Å². The van der Waals surface area contributed by atoms with E-state index in [9.17, 15) is 0 Å². The maximum atomic E-state index is 4.74. The van der Waals surface area contributed by atoms with Crippen molar-refractivity contribution in [3.05, 3.63) is 36.0 Å². The first-order valence-electron chi connectivity index (χ1n) is 9.18. The smallest absolute Gasteiger partial charge is 0.133 e. The molecule has 0 amide bonds. The van der Waals surface area contributed by atoms with E-state index in [0.29, 0.717) is 17.9 Å². The fraction of sp³-hybridized carbons (Fsp3) is 0.632. The predicted molar refractivity (Wildman–Crippen MR) is 101 cm³/mol. The van der Waals surface area contributed by atoms with Crippen molar-refractivity contribution in [1.82, 2.24) is 24.6 Å². The summed E-state index contributed by atoms with van der Waals surface area (Å²) in [5.74, 6) is 2.83. The zero-order valence-corrected chi connectivity index (χ0v) is 16.1. The quantitative estimate of drug-likeness (QED) is 0.836. The summed E-state index contributed by atoms with van der Waals surface area (Å²) in [7, 11) is 6.36. The van der Waals surface area contributed by atoms with E-state index in [4.69, 9.17) is 4.98 Å². The SMILES string of the molecule is CC(C)c1nccc(N(C)C[C@@H]2CCCN(C)[C@H]2c2cnn(C)c2)n1. The van der Waals surface area contributed by atoms with E-state index in [0.717, 1.165) is 24.7 Å². The molecule has 2 aromatic rings. The average molecular weight is 342 g/mol. The normalized spacial score (nSPS) is 21.7. The zero-order chi connectivity index (χ0) is 18.0. The Morgan fingerprint density at radius 1 is 1.32 bits per heavy atom. The van der Waals surface area contributed by atoms with Crippen molar-refractivity contribution in [2.24, 2.45) is 13.0 Å². The molecule has 1 fully saturated rings. The number of nitrogens with zero attached hydrogens (tertiary/aromatic N) is 6. The Kier molecular flexibility index (Phi) is 5.37. The van der Waals surface area contributed by atoms with Gasteiger partial charge < -0.3 is 4.90 Å². The maximum Gasteiger partial charge on any atom is 0.133 e. The third kappa shape index (κ3) is 4.00. The minimum Gasteiger partial charge on any atom is -0.359 e. The number of hydrogen-bond acceptors (Lipinski definition) is 5. The minimum absolute atomic E-state index is 0.345. The van der Waals surface area contributed by atoms with Crippen molar-refractivity contribution >= 4 is 5.82 Å². The lowest BCUT2D eigenvalue weighted by atomic mass is 9.86. The number of piperidine rings is 1. The van der Waals surface area contributed by atoms with Crippen LogP contribution in [-0.2, 0) is 7.05 Å². The zero-order valence-electron chi connectivity index (χ0n) is 16.1. The van der Waals surface area contributed by atoms with Crippen LogP contribution in [0.1, 0.15) is 50.0 Å². The van der Waals surface area contributed by atoms with Gasteiger partial charge in [-0.25, -0.2) is 9.97 Å². The summed E-state index contributed by atoms with van der Waals surface area (Å²) in [4.78, 5) is 13.9. The Morgan fingerprint density at radius 2 is 2.12 bits per heavy atom. The van der Waals surface area contributed by atoms with E-state index < -0.39 is 0 Å². The van der Waals surface area contributed by atoms with Crippen LogP contribution < -0.4 is 4.90 Å². The largest absolute Gasteiger partial charge is 0.359 e. The van der Waals surface area contributed by atoms with Crippen molar-refractivity contribution in [1.29, 1.82) is 0 Å². The molecule has 0 spiro atoms. The second kappa shape index (κ2) is 7.52. The maximum absolute atomic E-state index is 4.74. The Morgan fingerprint density at radius 3 is 2.80 bits per heavy atom. The average Bonchev–Trinajstić information content (AvgIpc) is 3.01. The van der Waals surface area contributed by atoms with Crippen LogP contribution >= 0.6 is 0 Å². The summed E-state index contributed by atoms with van der Waals surface area (Å²) in [5.41, 5.74) is 1.31. The highest BCUT2D eigenvalue weighted by atomic mass is 15.3. The second-order valence-electron chi connectivity index (χ2n) is 7.58. The molecule has 1 aliphatic heterocycles. The van der Waals surface area contributed by atoms with Gasteiger partial charge in [0.15, 0.2) is 0 Å². The fourth-order valence-electron chi connectivity index (χ4n) is 3.87. The van der Waals surface area contributed by atoms with Crippen LogP contribution in [0, 0.1) is 5.92 Å². The fourth-order valence-corrected chi connectivity index (χ4v) is 3.87. The van der Waals surface area contributed by atoms with Crippen LogP contribution in [0.5, 0.6) is 0 Å². The van der Waals surface area contributed by atoms with Gasteiger partial charge in [0.25, 0.3) is 0 Å². The number of likely N-dealkylation sites (tertiary alicyclic amines) is 1. The minimum atomic E-state index is 0.345. The van der Waals surface area contributed by atoms with Crippen LogP contribution in [0.3, 0.4) is 0 Å². The van der Waals surface area contributed by atoms with Crippen LogP contribution in [-0.4, -0.2) is 51.8 Å². The molecule has 3 rings (SSSR count). The monoisotopic (exact) mass is 342 g/mol.